The summed E-state index contributed by atoms with van der Waals surface area (Å²) in [6, 6.07) is 11.3. The molecule has 0 aliphatic heterocycles. The standard InChI is InChI=1S/C17H15FN2O2/c1-11-20-15-10-12(2-7-16(15)22-11)8-9-19-17(21)13-3-5-14(18)6-4-13/h2-7,10H,8-9H2,1H3,(H,19,21). The topological polar surface area (TPSA) is 55.1 Å². The lowest BCUT2D eigenvalue weighted by molar-refractivity contribution is 0.0954. The molecule has 22 heavy (non-hydrogen) atoms. The third kappa shape index (κ3) is 3.14. The average molecular weight is 298 g/mol. The van der Waals surface area contributed by atoms with Crippen molar-refractivity contribution in [3.63, 3.8) is 0 Å². The van der Waals surface area contributed by atoms with Crippen LogP contribution in [0.4, 0.5) is 4.39 Å². The predicted molar refractivity (Wildman–Crippen MR) is 81.2 cm³/mol. The molecule has 0 aliphatic carbocycles. The number of aryl methyl sites for hydroxylation is 1. The molecule has 0 fully saturated rings. The maximum atomic E-state index is 12.8. The number of fused-ring (bicyclic) bond motifs is 1. The number of rotatable bonds is 4. The molecule has 0 bridgehead atoms. The minimum Gasteiger partial charge on any atom is -0.441 e. The van der Waals surface area contributed by atoms with Crippen LogP contribution < -0.4 is 5.32 Å². The highest BCUT2D eigenvalue weighted by molar-refractivity contribution is 5.94. The van der Waals surface area contributed by atoms with E-state index in [1.165, 1.54) is 24.3 Å². The van der Waals surface area contributed by atoms with Crippen LogP contribution in [0.25, 0.3) is 11.1 Å². The highest BCUT2D eigenvalue weighted by Crippen LogP contribution is 2.16. The van der Waals surface area contributed by atoms with Crippen molar-refractivity contribution in [2.45, 2.75) is 13.3 Å². The molecule has 3 aromatic rings. The number of carbonyl (C=O) groups excluding carboxylic acids is 1. The Morgan fingerprint density at radius 1 is 1.23 bits per heavy atom. The van der Waals surface area contributed by atoms with E-state index in [1.807, 2.05) is 25.1 Å². The van der Waals surface area contributed by atoms with Gasteiger partial charge >= 0.3 is 0 Å². The Morgan fingerprint density at radius 3 is 2.77 bits per heavy atom. The number of benzene rings is 2. The average Bonchev–Trinajstić information content (AvgIpc) is 2.87. The van der Waals surface area contributed by atoms with E-state index in [-0.39, 0.29) is 11.7 Å². The first-order valence-electron chi connectivity index (χ1n) is 7.02. The van der Waals surface area contributed by atoms with Crippen LogP contribution in [0.2, 0.25) is 0 Å². The van der Waals surface area contributed by atoms with Crippen LogP contribution in [-0.4, -0.2) is 17.4 Å². The second-order valence-corrected chi connectivity index (χ2v) is 5.05. The zero-order valence-electron chi connectivity index (χ0n) is 12.1. The number of nitrogens with one attached hydrogen (secondary N) is 1. The van der Waals surface area contributed by atoms with Crippen LogP contribution in [0.5, 0.6) is 0 Å². The number of halogens is 1. The molecule has 0 unspecified atom stereocenters. The zero-order valence-corrected chi connectivity index (χ0v) is 12.1. The second-order valence-electron chi connectivity index (χ2n) is 5.05. The fourth-order valence-electron chi connectivity index (χ4n) is 2.27. The van der Waals surface area contributed by atoms with Gasteiger partial charge in [0.05, 0.1) is 0 Å². The van der Waals surface area contributed by atoms with Gasteiger partial charge in [0.2, 0.25) is 0 Å². The van der Waals surface area contributed by atoms with E-state index in [0.29, 0.717) is 24.4 Å². The highest BCUT2D eigenvalue weighted by atomic mass is 19.1. The Balaban J connectivity index is 1.59. The summed E-state index contributed by atoms with van der Waals surface area (Å²) in [5, 5.41) is 2.81. The molecule has 112 valence electrons. The first kappa shape index (κ1) is 14.3. The monoisotopic (exact) mass is 298 g/mol. The van der Waals surface area contributed by atoms with Crippen molar-refractivity contribution in [3.05, 3.63) is 65.3 Å². The van der Waals surface area contributed by atoms with Gasteiger partial charge in [0, 0.05) is 19.0 Å². The lowest BCUT2D eigenvalue weighted by Gasteiger charge is -2.05. The fourth-order valence-corrected chi connectivity index (χ4v) is 2.27. The minimum absolute atomic E-state index is 0.210. The Bertz CT molecular complexity index is 809. The molecular formula is C17H15FN2O2. The minimum atomic E-state index is -0.354. The first-order chi connectivity index (χ1) is 10.6. The molecule has 0 spiro atoms. The number of nitrogens with zero attached hydrogens (tertiary/aromatic N) is 1. The van der Waals surface area contributed by atoms with E-state index in [4.69, 9.17) is 4.42 Å². The number of hydrogen-bond acceptors (Lipinski definition) is 3. The number of oxazole rings is 1. The van der Waals surface area contributed by atoms with E-state index < -0.39 is 0 Å². The maximum absolute atomic E-state index is 12.8. The smallest absolute Gasteiger partial charge is 0.251 e. The van der Waals surface area contributed by atoms with Gasteiger partial charge in [0.25, 0.3) is 5.91 Å². The molecule has 2 aromatic carbocycles. The molecule has 3 rings (SSSR count). The fraction of sp³-hybridized carbons (Fsp3) is 0.176. The SMILES string of the molecule is Cc1nc2cc(CCNC(=O)c3ccc(F)cc3)ccc2o1. The van der Waals surface area contributed by atoms with Gasteiger partial charge in [0.15, 0.2) is 11.5 Å². The van der Waals surface area contributed by atoms with Gasteiger partial charge in [-0.3, -0.25) is 4.79 Å². The van der Waals surface area contributed by atoms with E-state index in [2.05, 4.69) is 10.3 Å². The number of hydrogen-bond donors (Lipinski definition) is 1. The molecule has 1 N–H and O–H groups in total. The molecule has 1 heterocycles. The van der Waals surface area contributed by atoms with Crippen molar-refractivity contribution >= 4 is 17.0 Å². The lowest BCUT2D eigenvalue weighted by Crippen LogP contribution is -2.25. The molecule has 4 nitrogen and oxygen atoms in total. The summed E-state index contributed by atoms with van der Waals surface area (Å²) in [6.07, 6.45) is 0.689. The largest absolute Gasteiger partial charge is 0.441 e. The lowest BCUT2D eigenvalue weighted by atomic mass is 10.1. The van der Waals surface area contributed by atoms with Crippen molar-refractivity contribution in [2.24, 2.45) is 0 Å². The number of amides is 1. The van der Waals surface area contributed by atoms with Gasteiger partial charge in [-0.2, -0.15) is 0 Å². The summed E-state index contributed by atoms with van der Waals surface area (Å²) in [4.78, 5) is 16.2. The van der Waals surface area contributed by atoms with Crippen LogP contribution in [0.3, 0.4) is 0 Å². The first-order valence-corrected chi connectivity index (χ1v) is 7.02. The predicted octanol–water partition coefficient (Wildman–Crippen LogP) is 3.25. The normalized spacial score (nSPS) is 10.8. The van der Waals surface area contributed by atoms with Crippen LogP contribution >= 0.6 is 0 Å². The molecule has 5 heteroatoms. The quantitative estimate of drug-likeness (QED) is 0.804. The summed E-state index contributed by atoms with van der Waals surface area (Å²) < 4.78 is 18.2. The maximum Gasteiger partial charge on any atom is 0.251 e. The molecule has 0 atom stereocenters. The zero-order chi connectivity index (χ0) is 15.5. The van der Waals surface area contributed by atoms with Crippen LogP contribution in [0.1, 0.15) is 21.8 Å². The third-order valence-electron chi connectivity index (χ3n) is 3.36. The van der Waals surface area contributed by atoms with Crippen molar-refractivity contribution in [3.8, 4) is 0 Å². The summed E-state index contributed by atoms with van der Waals surface area (Å²) in [5.41, 5.74) is 3.10. The Morgan fingerprint density at radius 2 is 2.00 bits per heavy atom. The summed E-state index contributed by atoms with van der Waals surface area (Å²) >= 11 is 0. The second kappa shape index (κ2) is 5.97. The molecule has 0 saturated heterocycles. The van der Waals surface area contributed by atoms with Crippen molar-refractivity contribution < 1.29 is 13.6 Å². The third-order valence-corrected chi connectivity index (χ3v) is 3.36. The van der Waals surface area contributed by atoms with Crippen molar-refractivity contribution in [1.29, 1.82) is 0 Å². The van der Waals surface area contributed by atoms with Gasteiger partial charge in [-0.15, -0.1) is 0 Å². The Hall–Kier alpha value is -2.69. The molecule has 0 radical (unpaired) electrons. The van der Waals surface area contributed by atoms with Gasteiger partial charge < -0.3 is 9.73 Å². The summed E-state index contributed by atoms with van der Waals surface area (Å²) in [6.45, 7) is 2.31. The van der Waals surface area contributed by atoms with Gasteiger partial charge in [-0.25, -0.2) is 9.37 Å². The van der Waals surface area contributed by atoms with Crippen LogP contribution in [0.15, 0.2) is 46.9 Å². The number of aromatic nitrogens is 1. The molecule has 0 aliphatic rings. The van der Waals surface area contributed by atoms with E-state index >= 15 is 0 Å². The Kier molecular flexibility index (Phi) is 3.87. The van der Waals surface area contributed by atoms with E-state index in [0.717, 1.165) is 16.7 Å². The van der Waals surface area contributed by atoms with Crippen LogP contribution in [0, 0.1) is 12.7 Å². The molecular weight excluding hydrogens is 283 g/mol. The number of carbonyl (C=O) groups is 1. The van der Waals surface area contributed by atoms with Gasteiger partial charge in [-0.1, -0.05) is 6.07 Å². The Labute approximate surface area is 127 Å². The molecule has 1 aromatic heterocycles. The molecule has 0 saturated carbocycles. The van der Waals surface area contributed by atoms with Crippen molar-refractivity contribution in [1.82, 2.24) is 10.3 Å². The van der Waals surface area contributed by atoms with Crippen LogP contribution in [-0.2, 0) is 6.42 Å². The van der Waals surface area contributed by atoms with E-state index in [1.54, 1.807) is 0 Å². The molecule has 1 amide bonds. The van der Waals surface area contributed by atoms with Gasteiger partial charge in [0.1, 0.15) is 11.3 Å². The highest BCUT2D eigenvalue weighted by Gasteiger charge is 2.06. The summed E-state index contributed by atoms with van der Waals surface area (Å²) in [7, 11) is 0. The van der Waals surface area contributed by atoms with E-state index in [9.17, 15) is 9.18 Å². The van der Waals surface area contributed by atoms with Crippen molar-refractivity contribution in [2.75, 3.05) is 6.54 Å². The summed E-state index contributed by atoms with van der Waals surface area (Å²) in [5.74, 6) is 0.0721. The van der Waals surface area contributed by atoms with Gasteiger partial charge in [-0.05, 0) is 48.4 Å².